The normalized spacial score (nSPS) is 33.9. The lowest BCUT2D eigenvalue weighted by molar-refractivity contribution is 0.227. The second kappa shape index (κ2) is 4.81. The van der Waals surface area contributed by atoms with Gasteiger partial charge in [-0.2, -0.15) is 0 Å². The first kappa shape index (κ1) is 12.8. The number of piperazine rings is 1. The van der Waals surface area contributed by atoms with E-state index in [1.165, 1.54) is 11.3 Å². The molecule has 1 aliphatic carbocycles. The first-order valence-corrected chi connectivity index (χ1v) is 7.64. The molecule has 4 heteroatoms. The fourth-order valence-electron chi connectivity index (χ4n) is 3.62. The molecule has 108 valence electrons. The van der Waals surface area contributed by atoms with Gasteiger partial charge in [-0.05, 0) is 19.1 Å². The quantitative estimate of drug-likeness (QED) is 0.794. The highest BCUT2D eigenvalue weighted by atomic mass is 15.2. The average molecular weight is 280 g/mol. The van der Waals surface area contributed by atoms with Gasteiger partial charge >= 0.3 is 0 Å². The van der Waals surface area contributed by atoms with Gasteiger partial charge in [0.1, 0.15) is 0 Å². The highest BCUT2D eigenvalue weighted by molar-refractivity contribution is 6.11. The standard InChI is InChI=1S/C17H20N4/c1-13-10-18-8-9-21(13)15-5-7-20-16-4-2-3-6-17(16)12-19-11-14(15)17/h2-7,11,13,18H,8-10,12H2,1H3. The maximum Gasteiger partial charge on any atom is 0.0787 e. The van der Waals surface area contributed by atoms with Crippen LogP contribution in [0.25, 0.3) is 0 Å². The molecular weight excluding hydrogens is 260 g/mol. The Morgan fingerprint density at radius 3 is 3.19 bits per heavy atom. The van der Waals surface area contributed by atoms with Crippen molar-refractivity contribution in [2.45, 2.75) is 13.0 Å². The number of aliphatic imine (C=N–C) groups is 2. The maximum atomic E-state index is 4.68. The van der Waals surface area contributed by atoms with Gasteiger partial charge in [0.05, 0.1) is 17.7 Å². The van der Waals surface area contributed by atoms with Crippen LogP contribution in [-0.4, -0.2) is 49.0 Å². The number of hydrogen-bond donors (Lipinski definition) is 1. The van der Waals surface area contributed by atoms with Gasteiger partial charge in [0.25, 0.3) is 0 Å². The summed E-state index contributed by atoms with van der Waals surface area (Å²) in [7, 11) is 0. The fraction of sp³-hybridized carbons (Fsp3) is 0.412. The zero-order chi connectivity index (χ0) is 14.3. The molecule has 0 radical (unpaired) electrons. The minimum Gasteiger partial charge on any atom is -0.366 e. The fourth-order valence-corrected chi connectivity index (χ4v) is 3.62. The third kappa shape index (κ3) is 1.86. The van der Waals surface area contributed by atoms with E-state index in [1.54, 1.807) is 0 Å². The van der Waals surface area contributed by atoms with E-state index in [1.807, 2.05) is 6.20 Å². The smallest absolute Gasteiger partial charge is 0.0787 e. The number of rotatable bonds is 1. The molecule has 0 aromatic heterocycles. The Balaban J connectivity index is 1.85. The average Bonchev–Trinajstić information content (AvgIpc) is 2.84. The van der Waals surface area contributed by atoms with Crippen LogP contribution in [0.5, 0.6) is 0 Å². The molecule has 3 aliphatic heterocycles. The second-order valence-corrected chi connectivity index (χ2v) is 6.03. The molecule has 21 heavy (non-hydrogen) atoms. The van der Waals surface area contributed by atoms with Crippen LogP contribution in [0.3, 0.4) is 0 Å². The Labute approximate surface area is 125 Å². The molecule has 0 aromatic rings. The molecule has 0 bridgehead atoms. The van der Waals surface area contributed by atoms with E-state index in [0.717, 1.165) is 31.9 Å². The molecular formula is C17H20N4. The van der Waals surface area contributed by atoms with Gasteiger partial charge in [-0.15, -0.1) is 0 Å². The van der Waals surface area contributed by atoms with Gasteiger partial charge in [-0.1, -0.05) is 18.2 Å². The van der Waals surface area contributed by atoms with Crippen LogP contribution >= 0.6 is 0 Å². The molecule has 4 nitrogen and oxygen atoms in total. The van der Waals surface area contributed by atoms with Crippen molar-refractivity contribution in [2.24, 2.45) is 15.4 Å². The molecule has 0 amide bonds. The van der Waals surface area contributed by atoms with Crippen LogP contribution in [0.1, 0.15) is 6.92 Å². The van der Waals surface area contributed by atoms with Crippen LogP contribution in [-0.2, 0) is 0 Å². The minimum absolute atomic E-state index is 0.155. The van der Waals surface area contributed by atoms with Crippen molar-refractivity contribution < 1.29 is 0 Å². The Morgan fingerprint density at radius 1 is 1.33 bits per heavy atom. The molecule has 0 saturated carbocycles. The summed E-state index contributed by atoms with van der Waals surface area (Å²) in [5.41, 5.74) is 3.53. The Bertz CT molecular complexity index is 635. The van der Waals surface area contributed by atoms with Crippen molar-refractivity contribution >= 4 is 11.9 Å². The second-order valence-electron chi connectivity index (χ2n) is 6.03. The van der Waals surface area contributed by atoms with Crippen molar-refractivity contribution in [1.82, 2.24) is 10.2 Å². The third-order valence-corrected chi connectivity index (χ3v) is 4.78. The molecule has 4 rings (SSSR count). The number of nitrogens with zero attached hydrogens (tertiary/aromatic N) is 3. The molecule has 1 saturated heterocycles. The zero-order valence-electron chi connectivity index (χ0n) is 12.3. The molecule has 2 atom stereocenters. The van der Waals surface area contributed by atoms with E-state index in [0.29, 0.717) is 6.04 Å². The summed E-state index contributed by atoms with van der Waals surface area (Å²) in [4.78, 5) is 11.8. The summed E-state index contributed by atoms with van der Waals surface area (Å²) in [6.45, 7) is 6.13. The molecule has 1 spiro atoms. The predicted molar refractivity (Wildman–Crippen MR) is 86.7 cm³/mol. The molecule has 4 aliphatic rings. The van der Waals surface area contributed by atoms with Gasteiger partial charge in [0, 0.05) is 49.4 Å². The van der Waals surface area contributed by atoms with Crippen molar-refractivity contribution in [3.8, 4) is 0 Å². The van der Waals surface area contributed by atoms with Gasteiger partial charge in [0.15, 0.2) is 0 Å². The van der Waals surface area contributed by atoms with Gasteiger partial charge < -0.3 is 10.2 Å². The monoisotopic (exact) mass is 280 g/mol. The van der Waals surface area contributed by atoms with Crippen LogP contribution in [0, 0.1) is 5.41 Å². The summed E-state index contributed by atoms with van der Waals surface area (Å²) in [6, 6.07) is 0.488. The van der Waals surface area contributed by atoms with E-state index < -0.39 is 0 Å². The lowest BCUT2D eigenvalue weighted by Crippen LogP contribution is -2.49. The first-order chi connectivity index (χ1) is 10.3. The summed E-state index contributed by atoms with van der Waals surface area (Å²) in [5.74, 6) is 0. The van der Waals surface area contributed by atoms with Crippen LogP contribution in [0.4, 0.5) is 0 Å². The molecule has 1 N–H and O–H groups in total. The number of hydrogen-bond acceptors (Lipinski definition) is 4. The third-order valence-electron chi connectivity index (χ3n) is 4.78. The Hall–Kier alpha value is -1.94. The van der Waals surface area contributed by atoms with E-state index in [9.17, 15) is 0 Å². The zero-order valence-corrected chi connectivity index (χ0v) is 12.3. The Kier molecular flexibility index (Phi) is 2.93. The van der Waals surface area contributed by atoms with Crippen molar-refractivity contribution in [3.63, 3.8) is 0 Å². The minimum atomic E-state index is -0.155. The van der Waals surface area contributed by atoms with E-state index in [2.05, 4.69) is 63.7 Å². The number of nitrogens with one attached hydrogen (secondary N) is 1. The highest BCUT2D eigenvalue weighted by Gasteiger charge is 2.42. The van der Waals surface area contributed by atoms with Crippen molar-refractivity contribution in [1.29, 1.82) is 0 Å². The molecule has 0 aromatic carbocycles. The van der Waals surface area contributed by atoms with Crippen LogP contribution < -0.4 is 5.32 Å². The summed E-state index contributed by atoms with van der Waals surface area (Å²) in [5, 5.41) is 3.46. The highest BCUT2D eigenvalue weighted by Crippen LogP contribution is 2.41. The van der Waals surface area contributed by atoms with Gasteiger partial charge in [-0.3, -0.25) is 9.98 Å². The predicted octanol–water partition coefficient (Wildman–Crippen LogP) is 1.70. The largest absolute Gasteiger partial charge is 0.366 e. The lowest BCUT2D eigenvalue weighted by Gasteiger charge is -2.39. The summed E-state index contributed by atoms with van der Waals surface area (Å²) in [6.07, 6.45) is 14.7. The lowest BCUT2D eigenvalue weighted by atomic mass is 9.74. The van der Waals surface area contributed by atoms with Gasteiger partial charge in [0.2, 0.25) is 0 Å². The molecule has 3 heterocycles. The Morgan fingerprint density at radius 2 is 2.29 bits per heavy atom. The summed E-state index contributed by atoms with van der Waals surface area (Å²) < 4.78 is 0. The van der Waals surface area contributed by atoms with Crippen molar-refractivity contribution in [3.05, 3.63) is 47.9 Å². The van der Waals surface area contributed by atoms with E-state index >= 15 is 0 Å². The first-order valence-electron chi connectivity index (χ1n) is 7.64. The maximum absolute atomic E-state index is 4.68. The summed E-state index contributed by atoms with van der Waals surface area (Å²) >= 11 is 0. The van der Waals surface area contributed by atoms with E-state index in [4.69, 9.17) is 0 Å². The van der Waals surface area contributed by atoms with E-state index in [-0.39, 0.29) is 5.41 Å². The van der Waals surface area contributed by atoms with Crippen molar-refractivity contribution in [2.75, 3.05) is 26.2 Å². The molecule has 2 unspecified atom stereocenters. The van der Waals surface area contributed by atoms with Gasteiger partial charge in [-0.25, -0.2) is 0 Å². The SMILES string of the molecule is CC1CNCCN1C1=C2C=NCC23C=CC=CC3=NC=C1. The van der Waals surface area contributed by atoms with Crippen LogP contribution in [0.2, 0.25) is 0 Å². The van der Waals surface area contributed by atoms with Crippen LogP contribution in [0.15, 0.2) is 57.8 Å². The topological polar surface area (TPSA) is 40.0 Å². The number of allylic oxidation sites excluding steroid dienone is 4. The molecule has 1 fully saturated rings.